The lowest BCUT2D eigenvalue weighted by molar-refractivity contribution is 0.595. The maximum atomic E-state index is 5.19. The third-order valence-electron chi connectivity index (χ3n) is 2.62. The van der Waals surface area contributed by atoms with E-state index >= 15 is 0 Å². The van der Waals surface area contributed by atoms with Crippen LogP contribution in [0.4, 0.5) is 0 Å². The summed E-state index contributed by atoms with van der Waals surface area (Å²) in [6.45, 7) is 4.03. The highest BCUT2D eigenvalue weighted by molar-refractivity contribution is 5.09. The number of nitrogens with zero attached hydrogens (tertiary/aromatic N) is 2. The van der Waals surface area contributed by atoms with Crippen molar-refractivity contribution in [3.8, 4) is 12.3 Å². The minimum absolute atomic E-state index is 0.882. The predicted molar refractivity (Wildman–Crippen MR) is 67.0 cm³/mol. The molecule has 88 valence electrons. The molecule has 0 bridgehead atoms. The molecule has 3 heteroatoms. The smallest absolute Gasteiger partial charge is 0.0625 e. The summed E-state index contributed by atoms with van der Waals surface area (Å²) in [6.07, 6.45) is 9.32. The van der Waals surface area contributed by atoms with Crippen LogP contribution in [-0.4, -0.2) is 16.3 Å². The van der Waals surface area contributed by atoms with Crippen molar-refractivity contribution >= 4 is 0 Å². The molecular weight excluding hydrogens is 198 g/mol. The molecule has 0 spiro atoms. The van der Waals surface area contributed by atoms with E-state index < -0.39 is 0 Å². The average molecular weight is 219 g/mol. The topological polar surface area (TPSA) is 29.9 Å². The summed E-state index contributed by atoms with van der Waals surface area (Å²) in [5, 5.41) is 7.82. The van der Waals surface area contributed by atoms with Crippen LogP contribution in [-0.2, 0) is 20.0 Å². The minimum atomic E-state index is 0.882. The molecule has 0 aliphatic rings. The van der Waals surface area contributed by atoms with Crippen LogP contribution in [0.2, 0.25) is 0 Å². The molecule has 1 N–H and O–H groups in total. The highest BCUT2D eigenvalue weighted by Gasteiger charge is 2.02. The van der Waals surface area contributed by atoms with Crippen molar-refractivity contribution in [3.05, 3.63) is 17.5 Å². The molecule has 1 heterocycles. The molecule has 3 nitrogen and oxygen atoms in total. The van der Waals surface area contributed by atoms with E-state index in [9.17, 15) is 0 Å². The van der Waals surface area contributed by atoms with Crippen LogP contribution in [0.3, 0.4) is 0 Å². The maximum absolute atomic E-state index is 5.19. The summed E-state index contributed by atoms with van der Waals surface area (Å²) >= 11 is 0. The second-order valence-electron chi connectivity index (χ2n) is 3.94. The highest BCUT2D eigenvalue weighted by Crippen LogP contribution is 2.03. The van der Waals surface area contributed by atoms with Gasteiger partial charge >= 0.3 is 0 Å². The standard InChI is InChI=1S/C13H21N3/c1-4-6-7-8-9-14-11-13-10-12(5-2)15-16(13)3/h1,10,14H,5-9,11H2,2-3H3. The summed E-state index contributed by atoms with van der Waals surface area (Å²) in [6, 6.07) is 2.16. The van der Waals surface area contributed by atoms with Gasteiger partial charge in [0.2, 0.25) is 0 Å². The molecule has 0 saturated carbocycles. The number of hydrogen-bond donors (Lipinski definition) is 1. The molecule has 1 aromatic rings. The summed E-state index contributed by atoms with van der Waals surface area (Å²) in [5.41, 5.74) is 2.40. The van der Waals surface area contributed by atoms with Crippen LogP contribution in [0.25, 0.3) is 0 Å². The summed E-state index contributed by atoms with van der Waals surface area (Å²) in [4.78, 5) is 0. The van der Waals surface area contributed by atoms with Gasteiger partial charge in [0.25, 0.3) is 0 Å². The van der Waals surface area contributed by atoms with Crippen LogP contribution < -0.4 is 5.32 Å². The molecule has 0 aliphatic carbocycles. The van der Waals surface area contributed by atoms with Crippen molar-refractivity contribution in [1.29, 1.82) is 0 Å². The quantitative estimate of drug-likeness (QED) is 0.560. The SMILES string of the molecule is C#CCCCCNCc1cc(CC)nn1C. The molecule has 0 aromatic carbocycles. The first-order valence-electron chi connectivity index (χ1n) is 5.94. The van der Waals surface area contributed by atoms with E-state index in [4.69, 9.17) is 6.42 Å². The number of terminal acetylenes is 1. The van der Waals surface area contributed by atoms with Crippen LogP contribution in [0, 0.1) is 12.3 Å². The highest BCUT2D eigenvalue weighted by atomic mass is 15.3. The van der Waals surface area contributed by atoms with Crippen molar-refractivity contribution in [1.82, 2.24) is 15.1 Å². The Morgan fingerprint density at radius 2 is 2.31 bits per heavy atom. The third kappa shape index (κ3) is 4.08. The number of hydrogen-bond acceptors (Lipinski definition) is 2. The fourth-order valence-electron chi connectivity index (χ4n) is 1.60. The normalized spacial score (nSPS) is 10.3. The van der Waals surface area contributed by atoms with Gasteiger partial charge in [-0.1, -0.05) is 6.92 Å². The minimum Gasteiger partial charge on any atom is -0.311 e. The summed E-state index contributed by atoms with van der Waals surface area (Å²) in [7, 11) is 1.99. The second kappa shape index (κ2) is 7.08. The van der Waals surface area contributed by atoms with Crippen molar-refractivity contribution < 1.29 is 0 Å². The van der Waals surface area contributed by atoms with E-state index in [1.165, 1.54) is 5.69 Å². The van der Waals surface area contributed by atoms with E-state index in [0.717, 1.165) is 44.5 Å². The van der Waals surface area contributed by atoms with E-state index in [-0.39, 0.29) is 0 Å². The van der Waals surface area contributed by atoms with Gasteiger partial charge in [-0.05, 0) is 31.9 Å². The molecular formula is C13H21N3. The largest absolute Gasteiger partial charge is 0.311 e. The average Bonchev–Trinajstić information content (AvgIpc) is 2.65. The summed E-state index contributed by atoms with van der Waals surface area (Å²) in [5.74, 6) is 2.65. The fraction of sp³-hybridized carbons (Fsp3) is 0.615. The lowest BCUT2D eigenvalue weighted by Crippen LogP contribution is -2.16. The van der Waals surface area contributed by atoms with Crippen molar-refractivity contribution in [2.45, 2.75) is 39.2 Å². The molecule has 0 amide bonds. The van der Waals surface area contributed by atoms with Crippen molar-refractivity contribution in [2.75, 3.05) is 6.54 Å². The zero-order valence-corrected chi connectivity index (χ0v) is 10.3. The van der Waals surface area contributed by atoms with E-state index in [1.807, 2.05) is 11.7 Å². The zero-order valence-electron chi connectivity index (χ0n) is 10.3. The second-order valence-corrected chi connectivity index (χ2v) is 3.94. The molecule has 0 atom stereocenters. The molecule has 1 aromatic heterocycles. The van der Waals surface area contributed by atoms with Crippen molar-refractivity contribution in [3.63, 3.8) is 0 Å². The van der Waals surface area contributed by atoms with Gasteiger partial charge in [0.1, 0.15) is 0 Å². The van der Waals surface area contributed by atoms with Gasteiger partial charge in [-0.3, -0.25) is 4.68 Å². The lowest BCUT2D eigenvalue weighted by atomic mass is 10.2. The fourth-order valence-corrected chi connectivity index (χ4v) is 1.60. The van der Waals surface area contributed by atoms with E-state index in [2.05, 4.69) is 29.3 Å². The van der Waals surface area contributed by atoms with E-state index in [1.54, 1.807) is 0 Å². The first kappa shape index (κ1) is 12.8. The Morgan fingerprint density at radius 1 is 1.50 bits per heavy atom. The van der Waals surface area contributed by atoms with Crippen molar-refractivity contribution in [2.24, 2.45) is 7.05 Å². The number of nitrogens with one attached hydrogen (secondary N) is 1. The zero-order chi connectivity index (χ0) is 11.8. The molecule has 1 rings (SSSR count). The number of unbranched alkanes of at least 4 members (excludes halogenated alkanes) is 2. The Morgan fingerprint density at radius 3 is 2.94 bits per heavy atom. The third-order valence-corrected chi connectivity index (χ3v) is 2.62. The Kier molecular flexibility index (Phi) is 5.66. The van der Waals surface area contributed by atoms with Gasteiger partial charge < -0.3 is 5.32 Å². The molecule has 0 aliphatic heterocycles. The first-order chi connectivity index (χ1) is 7.77. The summed E-state index contributed by atoms with van der Waals surface area (Å²) < 4.78 is 1.95. The number of aryl methyl sites for hydroxylation is 2. The van der Waals surface area contributed by atoms with Gasteiger partial charge in [-0.25, -0.2) is 0 Å². The van der Waals surface area contributed by atoms with Gasteiger partial charge in [-0.15, -0.1) is 12.3 Å². The predicted octanol–water partition coefficient (Wildman–Crippen LogP) is 1.88. The Balaban J connectivity index is 2.21. The molecule has 0 saturated heterocycles. The molecule has 0 unspecified atom stereocenters. The van der Waals surface area contributed by atoms with Gasteiger partial charge in [-0.2, -0.15) is 5.10 Å². The Bertz CT molecular complexity index is 347. The first-order valence-corrected chi connectivity index (χ1v) is 5.94. The monoisotopic (exact) mass is 219 g/mol. The van der Waals surface area contributed by atoms with Crippen LogP contribution in [0.15, 0.2) is 6.07 Å². The van der Waals surface area contributed by atoms with Gasteiger partial charge in [0, 0.05) is 20.0 Å². The van der Waals surface area contributed by atoms with Gasteiger partial charge in [0.15, 0.2) is 0 Å². The molecule has 0 radical (unpaired) electrons. The Labute approximate surface area is 98.2 Å². The van der Waals surface area contributed by atoms with Gasteiger partial charge in [0.05, 0.1) is 11.4 Å². The van der Waals surface area contributed by atoms with E-state index in [0.29, 0.717) is 0 Å². The maximum Gasteiger partial charge on any atom is 0.0625 e. The lowest BCUT2D eigenvalue weighted by Gasteiger charge is -2.03. The van der Waals surface area contributed by atoms with Crippen LogP contribution in [0.1, 0.15) is 37.6 Å². The molecule has 16 heavy (non-hydrogen) atoms. The number of aromatic nitrogens is 2. The van der Waals surface area contributed by atoms with Crippen LogP contribution in [0.5, 0.6) is 0 Å². The molecule has 0 fully saturated rings. The van der Waals surface area contributed by atoms with Crippen LogP contribution >= 0.6 is 0 Å². The number of rotatable bonds is 7. The Hall–Kier alpha value is -1.27.